The number of amides is 3. The Labute approximate surface area is 126 Å². The van der Waals surface area contributed by atoms with Crippen LogP contribution in [0.25, 0.3) is 0 Å². The number of nitrogens with zero attached hydrogens (tertiary/aromatic N) is 1. The molecule has 0 aliphatic heterocycles. The number of hydrogen-bond donors (Lipinski definition) is 3. The maximum absolute atomic E-state index is 11.6. The Kier molecular flexibility index (Phi) is 7.94. The highest BCUT2D eigenvalue weighted by Crippen LogP contribution is 2.14. The molecule has 7 heteroatoms. The molecule has 122 valence electrons. The minimum Gasteiger partial charge on any atom is -0.481 e. The van der Waals surface area contributed by atoms with E-state index in [1.807, 2.05) is 32.8 Å². The van der Waals surface area contributed by atoms with Gasteiger partial charge in [0, 0.05) is 25.9 Å². The SMILES string of the molecule is CC(CC(=O)O)CC(=O)NC(=O)NCC(C)(C)CN(C)C. The normalized spacial score (nSPS) is 12.9. The maximum atomic E-state index is 11.6. The first kappa shape index (κ1) is 19.4. The summed E-state index contributed by atoms with van der Waals surface area (Å²) in [6.45, 7) is 6.94. The third-order valence-corrected chi connectivity index (χ3v) is 2.78. The van der Waals surface area contributed by atoms with Crippen LogP contribution in [0.2, 0.25) is 0 Å². The lowest BCUT2D eigenvalue weighted by molar-refractivity contribution is -0.138. The van der Waals surface area contributed by atoms with Crippen LogP contribution in [-0.4, -0.2) is 55.1 Å². The fourth-order valence-electron chi connectivity index (χ4n) is 2.14. The average Bonchev–Trinajstić information content (AvgIpc) is 2.22. The molecule has 7 nitrogen and oxygen atoms in total. The monoisotopic (exact) mass is 301 g/mol. The third-order valence-electron chi connectivity index (χ3n) is 2.78. The molecule has 0 aromatic heterocycles. The largest absolute Gasteiger partial charge is 0.481 e. The van der Waals surface area contributed by atoms with E-state index in [0.717, 1.165) is 6.54 Å². The van der Waals surface area contributed by atoms with Gasteiger partial charge in [-0.15, -0.1) is 0 Å². The fraction of sp³-hybridized carbons (Fsp3) is 0.786. The first-order chi connectivity index (χ1) is 9.51. The van der Waals surface area contributed by atoms with Crippen LogP contribution in [-0.2, 0) is 9.59 Å². The predicted octanol–water partition coefficient (Wildman–Crippen LogP) is 0.901. The van der Waals surface area contributed by atoms with Gasteiger partial charge in [-0.25, -0.2) is 4.79 Å². The number of carbonyl (C=O) groups is 3. The van der Waals surface area contributed by atoms with E-state index in [1.54, 1.807) is 6.92 Å². The summed E-state index contributed by atoms with van der Waals surface area (Å²) in [4.78, 5) is 35.7. The van der Waals surface area contributed by atoms with Gasteiger partial charge in [-0.1, -0.05) is 20.8 Å². The lowest BCUT2D eigenvalue weighted by Gasteiger charge is -2.28. The molecular weight excluding hydrogens is 274 g/mol. The summed E-state index contributed by atoms with van der Waals surface area (Å²) in [5.74, 6) is -1.72. The van der Waals surface area contributed by atoms with Gasteiger partial charge in [0.15, 0.2) is 0 Å². The van der Waals surface area contributed by atoms with Crippen molar-refractivity contribution < 1.29 is 19.5 Å². The lowest BCUT2D eigenvalue weighted by Crippen LogP contribution is -2.45. The molecule has 0 saturated carbocycles. The highest BCUT2D eigenvalue weighted by Gasteiger charge is 2.20. The molecule has 1 atom stereocenters. The van der Waals surface area contributed by atoms with E-state index >= 15 is 0 Å². The number of urea groups is 1. The summed E-state index contributed by atoms with van der Waals surface area (Å²) in [6.07, 6.45) is -0.0777. The van der Waals surface area contributed by atoms with E-state index in [1.165, 1.54) is 0 Å². The Balaban J connectivity index is 4.09. The van der Waals surface area contributed by atoms with Gasteiger partial charge < -0.3 is 15.3 Å². The first-order valence-corrected chi connectivity index (χ1v) is 6.96. The van der Waals surface area contributed by atoms with Gasteiger partial charge in [-0.2, -0.15) is 0 Å². The van der Waals surface area contributed by atoms with E-state index in [2.05, 4.69) is 10.6 Å². The summed E-state index contributed by atoms with van der Waals surface area (Å²) in [7, 11) is 3.91. The van der Waals surface area contributed by atoms with Gasteiger partial charge in [-0.05, 0) is 25.4 Å². The molecule has 0 aromatic carbocycles. The van der Waals surface area contributed by atoms with E-state index in [4.69, 9.17) is 5.11 Å². The zero-order valence-corrected chi connectivity index (χ0v) is 13.5. The Morgan fingerprint density at radius 3 is 2.24 bits per heavy atom. The van der Waals surface area contributed by atoms with Crippen LogP contribution in [0.4, 0.5) is 4.79 Å². The standard InChI is InChI=1S/C14H27N3O4/c1-10(7-12(19)20)6-11(18)16-13(21)15-8-14(2,3)9-17(4)5/h10H,6-9H2,1-5H3,(H,19,20)(H2,15,16,18,21). The van der Waals surface area contributed by atoms with Crippen molar-refractivity contribution in [2.75, 3.05) is 27.2 Å². The van der Waals surface area contributed by atoms with Gasteiger partial charge in [0.25, 0.3) is 0 Å². The highest BCUT2D eigenvalue weighted by molar-refractivity contribution is 5.94. The number of rotatable bonds is 8. The summed E-state index contributed by atoms with van der Waals surface area (Å²) in [6, 6.07) is -0.547. The lowest BCUT2D eigenvalue weighted by atomic mass is 9.93. The van der Waals surface area contributed by atoms with Gasteiger partial charge >= 0.3 is 12.0 Å². The van der Waals surface area contributed by atoms with Gasteiger partial charge in [-0.3, -0.25) is 14.9 Å². The smallest absolute Gasteiger partial charge is 0.321 e. The molecule has 0 bridgehead atoms. The quantitative estimate of drug-likeness (QED) is 0.618. The molecule has 0 rings (SSSR count). The summed E-state index contributed by atoms with van der Waals surface area (Å²) in [5.41, 5.74) is -0.111. The topological polar surface area (TPSA) is 98.7 Å². The van der Waals surface area contributed by atoms with Crippen LogP contribution in [0, 0.1) is 11.3 Å². The molecule has 0 radical (unpaired) electrons. The second-order valence-electron chi connectivity index (χ2n) is 6.54. The average molecular weight is 301 g/mol. The Morgan fingerprint density at radius 1 is 1.19 bits per heavy atom. The number of carboxylic acids is 1. The second kappa shape index (κ2) is 8.61. The molecule has 0 aliphatic rings. The van der Waals surface area contributed by atoms with Crippen LogP contribution < -0.4 is 10.6 Å². The highest BCUT2D eigenvalue weighted by atomic mass is 16.4. The van der Waals surface area contributed by atoms with Crippen LogP contribution in [0.3, 0.4) is 0 Å². The molecule has 1 unspecified atom stereocenters. The summed E-state index contributed by atoms with van der Waals surface area (Å²) >= 11 is 0. The number of carboxylic acid groups (broad SMARTS) is 1. The van der Waals surface area contributed by atoms with Crippen molar-refractivity contribution in [3.63, 3.8) is 0 Å². The Bertz CT molecular complexity index is 380. The molecule has 3 amide bonds. The molecule has 0 heterocycles. The molecule has 0 aliphatic carbocycles. The van der Waals surface area contributed by atoms with E-state index in [9.17, 15) is 14.4 Å². The number of nitrogens with one attached hydrogen (secondary N) is 2. The second-order valence-corrected chi connectivity index (χ2v) is 6.54. The van der Waals surface area contributed by atoms with Crippen molar-refractivity contribution in [1.82, 2.24) is 15.5 Å². The van der Waals surface area contributed by atoms with E-state index in [-0.39, 0.29) is 24.2 Å². The number of carbonyl (C=O) groups excluding carboxylic acids is 2. The predicted molar refractivity (Wildman–Crippen MR) is 79.9 cm³/mol. The zero-order valence-electron chi connectivity index (χ0n) is 13.5. The van der Waals surface area contributed by atoms with Crippen molar-refractivity contribution in [3.8, 4) is 0 Å². The zero-order chi connectivity index (χ0) is 16.6. The van der Waals surface area contributed by atoms with Gasteiger partial charge in [0.2, 0.25) is 5.91 Å². The van der Waals surface area contributed by atoms with Gasteiger partial charge in [0.1, 0.15) is 0 Å². The van der Waals surface area contributed by atoms with Gasteiger partial charge in [0.05, 0.1) is 0 Å². The van der Waals surface area contributed by atoms with Crippen molar-refractivity contribution in [1.29, 1.82) is 0 Å². The molecular formula is C14H27N3O4. The Hall–Kier alpha value is -1.63. The first-order valence-electron chi connectivity index (χ1n) is 6.96. The van der Waals surface area contributed by atoms with Crippen molar-refractivity contribution >= 4 is 17.9 Å². The summed E-state index contributed by atoms with van der Waals surface area (Å²) in [5, 5.41) is 13.5. The summed E-state index contributed by atoms with van der Waals surface area (Å²) < 4.78 is 0. The number of aliphatic carboxylic acids is 1. The van der Waals surface area contributed by atoms with E-state index in [0.29, 0.717) is 6.54 Å². The molecule has 3 N–H and O–H groups in total. The molecule has 0 spiro atoms. The Morgan fingerprint density at radius 2 is 1.76 bits per heavy atom. The van der Waals surface area contributed by atoms with Crippen LogP contribution in [0.5, 0.6) is 0 Å². The van der Waals surface area contributed by atoms with Crippen molar-refractivity contribution in [2.45, 2.75) is 33.6 Å². The van der Waals surface area contributed by atoms with E-state index < -0.39 is 17.9 Å². The van der Waals surface area contributed by atoms with Crippen LogP contribution in [0.15, 0.2) is 0 Å². The molecule has 0 aromatic rings. The number of imide groups is 1. The maximum Gasteiger partial charge on any atom is 0.321 e. The van der Waals surface area contributed by atoms with Crippen LogP contribution >= 0.6 is 0 Å². The number of hydrogen-bond acceptors (Lipinski definition) is 4. The minimum absolute atomic E-state index is 0.0147. The third kappa shape index (κ3) is 10.8. The molecule has 0 fully saturated rings. The molecule has 0 saturated heterocycles. The fourth-order valence-corrected chi connectivity index (χ4v) is 2.14. The van der Waals surface area contributed by atoms with Crippen molar-refractivity contribution in [3.05, 3.63) is 0 Å². The molecule has 21 heavy (non-hydrogen) atoms. The minimum atomic E-state index is -0.954. The van der Waals surface area contributed by atoms with Crippen LogP contribution in [0.1, 0.15) is 33.6 Å². The van der Waals surface area contributed by atoms with Crippen molar-refractivity contribution in [2.24, 2.45) is 11.3 Å².